The first-order valence-electron chi connectivity index (χ1n) is 8.96. The van der Waals surface area contributed by atoms with E-state index in [2.05, 4.69) is 18.0 Å². The molecule has 0 saturated carbocycles. The third-order valence-electron chi connectivity index (χ3n) is 4.51. The van der Waals surface area contributed by atoms with E-state index >= 15 is 0 Å². The van der Waals surface area contributed by atoms with Gasteiger partial charge in [0.1, 0.15) is 0 Å². The number of fused-ring (bicyclic) bond motifs is 1. The van der Waals surface area contributed by atoms with Crippen LogP contribution in [-0.4, -0.2) is 15.9 Å². The Hall–Kier alpha value is -2.47. The Morgan fingerprint density at radius 1 is 1.14 bits per heavy atom. The van der Waals surface area contributed by atoms with E-state index in [0.29, 0.717) is 27.3 Å². The van der Waals surface area contributed by atoms with Crippen molar-refractivity contribution in [3.63, 3.8) is 0 Å². The minimum absolute atomic E-state index is 0.255. The van der Waals surface area contributed by atoms with Crippen LogP contribution in [-0.2, 0) is 6.54 Å². The second-order valence-corrected chi connectivity index (χ2v) is 8.62. The molecule has 0 aliphatic heterocycles. The number of benzene rings is 2. The monoisotopic (exact) mass is 441 g/mol. The number of aryl methyl sites for hydroxylation is 2. The van der Waals surface area contributed by atoms with Gasteiger partial charge in [-0.1, -0.05) is 46.7 Å². The summed E-state index contributed by atoms with van der Waals surface area (Å²) in [6.45, 7) is 4.42. The average molecular weight is 442 g/mol. The van der Waals surface area contributed by atoms with Crippen LogP contribution in [0.2, 0.25) is 10.0 Å². The van der Waals surface area contributed by atoms with Crippen LogP contribution in [0.25, 0.3) is 10.2 Å². The largest absolute Gasteiger partial charge is 0.279 e. The summed E-state index contributed by atoms with van der Waals surface area (Å²) in [7, 11) is 0. The fourth-order valence-electron chi connectivity index (χ4n) is 3.19. The molecule has 146 valence electrons. The number of carbonyl (C=O) groups is 1. The molecule has 0 saturated heterocycles. The summed E-state index contributed by atoms with van der Waals surface area (Å²) < 4.78 is 1.06. The van der Waals surface area contributed by atoms with Crippen molar-refractivity contribution in [1.29, 1.82) is 0 Å². The standard InChI is InChI=1S/C22H17Cl2N3OS/c1-13-8-14(2)20-19(9-13)26-22(29-20)27(12-15-4-3-7-25-11-15)21(28)17-10-16(23)5-6-18(17)24/h3-11H,12H2,1-2H3. The van der Waals surface area contributed by atoms with Gasteiger partial charge in [0.2, 0.25) is 0 Å². The van der Waals surface area contributed by atoms with E-state index in [4.69, 9.17) is 28.2 Å². The van der Waals surface area contributed by atoms with Crippen LogP contribution in [0.1, 0.15) is 27.0 Å². The smallest absolute Gasteiger partial charge is 0.261 e. The Morgan fingerprint density at radius 2 is 1.97 bits per heavy atom. The number of halogens is 2. The van der Waals surface area contributed by atoms with Crippen molar-refractivity contribution in [3.05, 3.63) is 87.2 Å². The van der Waals surface area contributed by atoms with Gasteiger partial charge >= 0.3 is 0 Å². The SMILES string of the molecule is Cc1cc(C)c2sc(N(Cc3cccnc3)C(=O)c3cc(Cl)ccc3Cl)nc2c1. The normalized spacial score (nSPS) is 11.0. The molecule has 0 atom stereocenters. The summed E-state index contributed by atoms with van der Waals surface area (Å²) in [5.41, 5.74) is 4.39. The van der Waals surface area contributed by atoms with Crippen molar-refractivity contribution >= 4 is 55.8 Å². The predicted molar refractivity (Wildman–Crippen MR) is 120 cm³/mol. The van der Waals surface area contributed by atoms with Gasteiger partial charge in [0.15, 0.2) is 5.13 Å². The van der Waals surface area contributed by atoms with Gasteiger partial charge in [0, 0.05) is 17.4 Å². The zero-order valence-electron chi connectivity index (χ0n) is 15.8. The topological polar surface area (TPSA) is 46.1 Å². The molecule has 0 aliphatic carbocycles. The Kier molecular flexibility index (Phi) is 5.54. The molecular formula is C22H17Cl2N3OS. The molecule has 1 amide bonds. The highest BCUT2D eigenvalue weighted by molar-refractivity contribution is 7.22. The van der Waals surface area contributed by atoms with Crippen molar-refractivity contribution < 1.29 is 4.79 Å². The highest BCUT2D eigenvalue weighted by Crippen LogP contribution is 2.34. The summed E-state index contributed by atoms with van der Waals surface area (Å²) in [5, 5.41) is 1.41. The van der Waals surface area contributed by atoms with E-state index in [1.54, 1.807) is 35.5 Å². The molecule has 0 aliphatic rings. The van der Waals surface area contributed by atoms with E-state index in [0.717, 1.165) is 26.9 Å². The Balaban J connectivity index is 1.83. The number of hydrogen-bond donors (Lipinski definition) is 0. The van der Waals surface area contributed by atoms with Crippen molar-refractivity contribution in [1.82, 2.24) is 9.97 Å². The van der Waals surface area contributed by atoms with Crippen LogP contribution in [0.3, 0.4) is 0 Å². The van der Waals surface area contributed by atoms with Crippen LogP contribution in [0, 0.1) is 13.8 Å². The van der Waals surface area contributed by atoms with Gasteiger partial charge in [0.25, 0.3) is 5.91 Å². The molecule has 0 spiro atoms. The Labute approximate surface area is 182 Å². The van der Waals surface area contributed by atoms with Gasteiger partial charge in [0.05, 0.1) is 27.3 Å². The van der Waals surface area contributed by atoms with Crippen molar-refractivity contribution in [3.8, 4) is 0 Å². The van der Waals surface area contributed by atoms with E-state index in [1.165, 1.54) is 11.3 Å². The van der Waals surface area contributed by atoms with Gasteiger partial charge in [-0.15, -0.1) is 0 Å². The number of amides is 1. The van der Waals surface area contributed by atoms with Crippen LogP contribution in [0.5, 0.6) is 0 Å². The molecule has 2 aromatic carbocycles. The number of hydrogen-bond acceptors (Lipinski definition) is 4. The van der Waals surface area contributed by atoms with Gasteiger partial charge in [-0.2, -0.15) is 0 Å². The maximum atomic E-state index is 13.5. The Morgan fingerprint density at radius 3 is 2.72 bits per heavy atom. The number of rotatable bonds is 4. The van der Waals surface area contributed by atoms with Gasteiger partial charge in [-0.25, -0.2) is 4.98 Å². The second kappa shape index (κ2) is 8.11. The lowest BCUT2D eigenvalue weighted by atomic mass is 10.1. The zero-order valence-corrected chi connectivity index (χ0v) is 18.1. The average Bonchev–Trinajstić information content (AvgIpc) is 3.12. The molecule has 29 heavy (non-hydrogen) atoms. The number of carbonyl (C=O) groups excluding carboxylic acids is 1. The number of thiazole rings is 1. The molecule has 0 bridgehead atoms. The lowest BCUT2D eigenvalue weighted by molar-refractivity contribution is 0.0985. The lowest BCUT2D eigenvalue weighted by Gasteiger charge is -2.20. The Bertz CT molecular complexity index is 1210. The summed E-state index contributed by atoms with van der Waals surface area (Å²) in [6, 6.07) is 12.8. The molecular weight excluding hydrogens is 425 g/mol. The molecule has 7 heteroatoms. The number of pyridine rings is 1. The zero-order chi connectivity index (χ0) is 20.5. The maximum Gasteiger partial charge on any atom is 0.261 e. The first-order valence-corrected chi connectivity index (χ1v) is 10.5. The number of nitrogens with zero attached hydrogens (tertiary/aromatic N) is 3. The molecule has 0 radical (unpaired) electrons. The minimum Gasteiger partial charge on any atom is -0.279 e. The number of aromatic nitrogens is 2. The summed E-state index contributed by atoms with van der Waals surface area (Å²) in [6.07, 6.45) is 3.44. The van der Waals surface area contributed by atoms with Crippen molar-refractivity contribution in [2.45, 2.75) is 20.4 Å². The second-order valence-electron chi connectivity index (χ2n) is 6.80. The fraction of sp³-hybridized carbons (Fsp3) is 0.136. The molecule has 4 nitrogen and oxygen atoms in total. The van der Waals surface area contributed by atoms with E-state index in [1.807, 2.05) is 25.1 Å². The summed E-state index contributed by atoms with van der Waals surface area (Å²) in [4.78, 5) is 24.0. The maximum absolute atomic E-state index is 13.5. The molecule has 2 heterocycles. The minimum atomic E-state index is -0.255. The fourth-order valence-corrected chi connectivity index (χ4v) is 4.57. The number of anilines is 1. The molecule has 4 rings (SSSR count). The quantitative estimate of drug-likeness (QED) is 0.364. The third kappa shape index (κ3) is 4.13. The van der Waals surface area contributed by atoms with Crippen molar-refractivity contribution in [2.75, 3.05) is 4.90 Å². The van der Waals surface area contributed by atoms with Gasteiger partial charge in [-0.3, -0.25) is 14.7 Å². The van der Waals surface area contributed by atoms with E-state index < -0.39 is 0 Å². The van der Waals surface area contributed by atoms with E-state index in [-0.39, 0.29) is 5.91 Å². The lowest BCUT2D eigenvalue weighted by Crippen LogP contribution is -2.30. The molecule has 0 fully saturated rings. The predicted octanol–water partition coefficient (Wildman–Crippen LogP) is 6.46. The summed E-state index contributed by atoms with van der Waals surface area (Å²) >= 11 is 13.9. The molecule has 0 N–H and O–H groups in total. The van der Waals surface area contributed by atoms with Crippen LogP contribution >= 0.6 is 34.5 Å². The third-order valence-corrected chi connectivity index (χ3v) is 6.30. The highest BCUT2D eigenvalue weighted by atomic mass is 35.5. The van der Waals surface area contributed by atoms with Gasteiger partial charge < -0.3 is 0 Å². The molecule has 0 unspecified atom stereocenters. The van der Waals surface area contributed by atoms with Crippen LogP contribution in [0.4, 0.5) is 5.13 Å². The van der Waals surface area contributed by atoms with Crippen LogP contribution in [0.15, 0.2) is 54.9 Å². The first kappa shape index (κ1) is 19.8. The highest BCUT2D eigenvalue weighted by Gasteiger charge is 2.24. The van der Waals surface area contributed by atoms with E-state index in [9.17, 15) is 4.79 Å². The first-order chi connectivity index (χ1) is 13.9. The van der Waals surface area contributed by atoms with Gasteiger partial charge in [-0.05, 0) is 60.9 Å². The molecule has 2 aromatic heterocycles. The molecule has 4 aromatic rings. The van der Waals surface area contributed by atoms with Crippen LogP contribution < -0.4 is 4.90 Å². The van der Waals surface area contributed by atoms with Crippen molar-refractivity contribution in [2.24, 2.45) is 0 Å². The summed E-state index contributed by atoms with van der Waals surface area (Å²) in [5.74, 6) is -0.255.